The summed E-state index contributed by atoms with van der Waals surface area (Å²) >= 11 is 1.56. The molecule has 1 aromatic carbocycles. The van der Waals surface area contributed by atoms with Gasteiger partial charge in [0.05, 0.1) is 6.61 Å². The highest BCUT2D eigenvalue weighted by Crippen LogP contribution is 2.21. The summed E-state index contributed by atoms with van der Waals surface area (Å²) in [5.41, 5.74) is 2.08. The average Bonchev–Trinajstić information content (AvgIpc) is 2.73. The van der Waals surface area contributed by atoms with E-state index in [1.165, 1.54) is 12.8 Å². The number of thioether (sulfide) groups is 1. The lowest BCUT2D eigenvalue weighted by molar-refractivity contribution is -0.116. The second-order valence-electron chi connectivity index (χ2n) is 7.84. The number of benzene rings is 1. The van der Waals surface area contributed by atoms with Crippen LogP contribution in [-0.2, 0) is 9.53 Å². The summed E-state index contributed by atoms with van der Waals surface area (Å²) < 4.78 is 5.40. The van der Waals surface area contributed by atoms with Crippen molar-refractivity contribution in [3.05, 3.63) is 40.5 Å². The molecule has 1 saturated heterocycles. The molecule has 1 aromatic rings. The summed E-state index contributed by atoms with van der Waals surface area (Å²) in [5, 5.41) is 7.58. The van der Waals surface area contributed by atoms with Crippen LogP contribution in [0.15, 0.2) is 29.4 Å². The molecule has 2 N–H and O–H groups in total. The number of amides is 2. The molecular formula is C22H31N3O3S. The van der Waals surface area contributed by atoms with Gasteiger partial charge >= 0.3 is 0 Å². The lowest BCUT2D eigenvalue weighted by Crippen LogP contribution is -2.36. The second kappa shape index (κ2) is 10.7. The van der Waals surface area contributed by atoms with Gasteiger partial charge in [-0.15, -0.1) is 11.8 Å². The number of hydrogen-bond acceptors (Lipinski definition) is 5. The normalized spacial score (nSPS) is 19.8. The van der Waals surface area contributed by atoms with Crippen molar-refractivity contribution in [2.75, 3.05) is 43.9 Å². The van der Waals surface area contributed by atoms with E-state index in [4.69, 9.17) is 4.74 Å². The SMILES string of the molecule is Cc1ccc(C(=O)NCCCN2CCC[C@@H](C)C2)cc1NC(=O)C1=CSCCO1. The van der Waals surface area contributed by atoms with Crippen LogP contribution in [0.5, 0.6) is 0 Å². The van der Waals surface area contributed by atoms with Gasteiger partial charge in [0.1, 0.15) is 0 Å². The number of ether oxygens (including phenoxy) is 1. The van der Waals surface area contributed by atoms with Crippen LogP contribution in [0.1, 0.15) is 42.1 Å². The molecule has 0 aromatic heterocycles. The molecule has 1 atom stereocenters. The third-order valence-electron chi connectivity index (χ3n) is 5.30. The van der Waals surface area contributed by atoms with E-state index in [1.807, 2.05) is 13.0 Å². The molecule has 2 heterocycles. The topological polar surface area (TPSA) is 70.7 Å². The Morgan fingerprint density at radius 2 is 2.17 bits per heavy atom. The van der Waals surface area contributed by atoms with Crippen LogP contribution in [0.25, 0.3) is 0 Å². The zero-order valence-corrected chi connectivity index (χ0v) is 18.1. The molecule has 6 nitrogen and oxygen atoms in total. The third-order valence-corrected chi connectivity index (χ3v) is 6.08. The third kappa shape index (κ3) is 6.51. The minimum Gasteiger partial charge on any atom is -0.487 e. The maximum Gasteiger partial charge on any atom is 0.291 e. The predicted molar refractivity (Wildman–Crippen MR) is 118 cm³/mol. The van der Waals surface area contributed by atoms with Crippen LogP contribution in [0.3, 0.4) is 0 Å². The van der Waals surface area contributed by atoms with Gasteiger partial charge in [0, 0.05) is 35.5 Å². The van der Waals surface area contributed by atoms with Gasteiger partial charge in [-0.2, -0.15) is 0 Å². The van der Waals surface area contributed by atoms with Crippen LogP contribution in [0.4, 0.5) is 5.69 Å². The van der Waals surface area contributed by atoms with Crippen molar-refractivity contribution in [3.63, 3.8) is 0 Å². The number of nitrogens with zero attached hydrogens (tertiary/aromatic N) is 1. The van der Waals surface area contributed by atoms with Crippen molar-refractivity contribution >= 4 is 29.3 Å². The fraction of sp³-hybridized carbons (Fsp3) is 0.545. The van der Waals surface area contributed by atoms with Gasteiger partial charge in [-0.1, -0.05) is 13.0 Å². The highest BCUT2D eigenvalue weighted by Gasteiger charge is 2.17. The number of anilines is 1. The summed E-state index contributed by atoms with van der Waals surface area (Å²) in [6, 6.07) is 5.37. The lowest BCUT2D eigenvalue weighted by Gasteiger charge is -2.30. The van der Waals surface area contributed by atoms with E-state index in [9.17, 15) is 9.59 Å². The van der Waals surface area contributed by atoms with Gasteiger partial charge in [-0.3, -0.25) is 9.59 Å². The summed E-state index contributed by atoms with van der Waals surface area (Å²) in [6.07, 6.45) is 3.53. The minimum atomic E-state index is -0.284. The number of nitrogens with one attached hydrogen (secondary N) is 2. The minimum absolute atomic E-state index is 0.115. The van der Waals surface area contributed by atoms with E-state index in [0.29, 0.717) is 30.2 Å². The Morgan fingerprint density at radius 3 is 2.93 bits per heavy atom. The van der Waals surface area contributed by atoms with Gasteiger partial charge in [0.25, 0.3) is 11.8 Å². The fourth-order valence-corrected chi connectivity index (χ4v) is 4.29. The van der Waals surface area contributed by atoms with Gasteiger partial charge < -0.3 is 20.3 Å². The monoisotopic (exact) mass is 417 g/mol. The van der Waals surface area contributed by atoms with Gasteiger partial charge in [0.15, 0.2) is 5.76 Å². The van der Waals surface area contributed by atoms with Crippen molar-refractivity contribution in [1.82, 2.24) is 10.2 Å². The molecule has 2 aliphatic heterocycles. The predicted octanol–water partition coefficient (Wildman–Crippen LogP) is 3.39. The van der Waals surface area contributed by atoms with Crippen LogP contribution >= 0.6 is 11.8 Å². The molecule has 2 aliphatic rings. The molecule has 0 spiro atoms. The number of rotatable bonds is 7. The van der Waals surface area contributed by atoms with Crippen LogP contribution in [0.2, 0.25) is 0 Å². The Bertz CT molecular complexity index is 766. The molecular weight excluding hydrogens is 386 g/mol. The summed E-state index contributed by atoms with van der Waals surface area (Å²) in [7, 11) is 0. The Labute approximate surface area is 177 Å². The van der Waals surface area contributed by atoms with E-state index < -0.39 is 0 Å². The van der Waals surface area contributed by atoms with Crippen molar-refractivity contribution < 1.29 is 14.3 Å². The summed E-state index contributed by atoms with van der Waals surface area (Å²) in [6.45, 7) is 8.73. The standard InChI is InChI=1S/C22H31N3O3S/c1-16-5-3-9-25(14-16)10-4-8-23-21(26)18-7-6-17(2)19(13-18)24-22(27)20-15-29-12-11-28-20/h6-7,13,15-16H,3-5,8-12,14H2,1-2H3,(H,23,26)(H,24,27)/t16-/m1/s1. The van der Waals surface area contributed by atoms with Crippen molar-refractivity contribution in [2.24, 2.45) is 5.92 Å². The molecule has 7 heteroatoms. The molecule has 158 valence electrons. The van der Waals surface area contributed by atoms with Gasteiger partial charge in [-0.25, -0.2) is 0 Å². The van der Waals surface area contributed by atoms with Gasteiger partial charge in [0.2, 0.25) is 0 Å². The maximum absolute atomic E-state index is 12.5. The molecule has 0 bridgehead atoms. The zero-order valence-electron chi connectivity index (χ0n) is 17.3. The van der Waals surface area contributed by atoms with E-state index in [1.54, 1.807) is 29.3 Å². The smallest absolute Gasteiger partial charge is 0.291 e. The highest BCUT2D eigenvalue weighted by atomic mass is 32.2. The van der Waals surface area contributed by atoms with Crippen LogP contribution < -0.4 is 10.6 Å². The first-order valence-electron chi connectivity index (χ1n) is 10.4. The second-order valence-corrected chi connectivity index (χ2v) is 8.82. The summed E-state index contributed by atoms with van der Waals surface area (Å²) in [4.78, 5) is 27.4. The molecule has 2 amide bonds. The Kier molecular flexibility index (Phi) is 8.00. The Hall–Kier alpha value is -1.99. The fourth-order valence-electron chi connectivity index (χ4n) is 3.67. The molecule has 0 unspecified atom stereocenters. The van der Waals surface area contributed by atoms with Gasteiger partial charge in [-0.05, 0) is 62.9 Å². The average molecular weight is 418 g/mol. The largest absolute Gasteiger partial charge is 0.487 e. The van der Waals surface area contributed by atoms with Crippen LogP contribution in [-0.4, -0.2) is 55.3 Å². The first-order valence-corrected chi connectivity index (χ1v) is 11.4. The molecule has 0 radical (unpaired) electrons. The molecule has 3 rings (SSSR count). The molecule has 29 heavy (non-hydrogen) atoms. The highest BCUT2D eigenvalue weighted by molar-refractivity contribution is 8.02. The Balaban J connectivity index is 1.49. The summed E-state index contributed by atoms with van der Waals surface area (Å²) in [5.74, 6) is 1.54. The molecule has 0 saturated carbocycles. The van der Waals surface area contributed by atoms with E-state index in [0.717, 1.165) is 43.3 Å². The first kappa shape index (κ1) is 21.7. The number of hydrogen-bond donors (Lipinski definition) is 2. The number of piperidine rings is 1. The van der Waals surface area contributed by atoms with E-state index in [-0.39, 0.29) is 11.8 Å². The quantitative estimate of drug-likeness (QED) is 0.666. The first-order chi connectivity index (χ1) is 14.0. The zero-order chi connectivity index (χ0) is 20.6. The number of carbonyl (C=O) groups excluding carboxylic acids is 2. The number of aryl methyl sites for hydroxylation is 1. The van der Waals surface area contributed by atoms with E-state index in [2.05, 4.69) is 22.5 Å². The van der Waals surface area contributed by atoms with E-state index >= 15 is 0 Å². The molecule has 1 fully saturated rings. The Morgan fingerprint density at radius 1 is 1.31 bits per heavy atom. The molecule has 0 aliphatic carbocycles. The maximum atomic E-state index is 12.5. The van der Waals surface area contributed by atoms with Crippen molar-refractivity contribution in [3.8, 4) is 0 Å². The van der Waals surface area contributed by atoms with Crippen LogP contribution in [0, 0.1) is 12.8 Å². The lowest BCUT2D eigenvalue weighted by atomic mass is 10.0. The van der Waals surface area contributed by atoms with Crippen molar-refractivity contribution in [1.29, 1.82) is 0 Å². The number of likely N-dealkylation sites (tertiary alicyclic amines) is 1. The number of carbonyl (C=O) groups is 2. The van der Waals surface area contributed by atoms with Crippen molar-refractivity contribution in [2.45, 2.75) is 33.1 Å².